The SMILES string of the molecule is O=C(CCl)CNc1cc2cccnc2c2ncccc12. The zero-order chi connectivity index (χ0) is 13.9. The predicted octanol–water partition coefficient (Wildman–Crippen LogP) is 3.00. The van der Waals surface area contributed by atoms with Crippen molar-refractivity contribution < 1.29 is 4.79 Å². The second-order valence-electron chi connectivity index (χ2n) is 4.42. The molecule has 3 rings (SSSR count). The molecule has 20 heavy (non-hydrogen) atoms. The van der Waals surface area contributed by atoms with Gasteiger partial charge in [0.15, 0.2) is 5.78 Å². The quantitative estimate of drug-likeness (QED) is 0.591. The third-order valence-corrected chi connectivity index (χ3v) is 3.38. The van der Waals surface area contributed by atoms with Crippen LogP contribution in [-0.2, 0) is 4.79 Å². The molecule has 0 spiro atoms. The summed E-state index contributed by atoms with van der Waals surface area (Å²) >= 11 is 5.52. The first-order chi connectivity index (χ1) is 9.79. The van der Waals surface area contributed by atoms with Gasteiger partial charge in [0.1, 0.15) is 0 Å². The van der Waals surface area contributed by atoms with E-state index >= 15 is 0 Å². The van der Waals surface area contributed by atoms with E-state index < -0.39 is 0 Å². The summed E-state index contributed by atoms with van der Waals surface area (Å²) in [5, 5.41) is 5.06. The monoisotopic (exact) mass is 285 g/mol. The van der Waals surface area contributed by atoms with Crippen molar-refractivity contribution in [3.05, 3.63) is 42.7 Å². The predicted molar refractivity (Wildman–Crippen MR) is 81.3 cm³/mol. The maximum atomic E-state index is 11.4. The summed E-state index contributed by atoms with van der Waals surface area (Å²) in [4.78, 5) is 20.1. The van der Waals surface area contributed by atoms with Crippen molar-refractivity contribution in [3.8, 4) is 0 Å². The molecular formula is C15H12ClN3O. The first kappa shape index (κ1) is 12.8. The Kier molecular flexibility index (Phi) is 3.48. The lowest BCUT2D eigenvalue weighted by molar-refractivity contribution is -0.115. The summed E-state index contributed by atoms with van der Waals surface area (Å²) in [5.74, 6) is -0.0341. The number of Topliss-reactive ketones (excluding diaryl/α,β-unsaturated/α-hetero) is 1. The average Bonchev–Trinajstić information content (AvgIpc) is 2.52. The van der Waals surface area contributed by atoms with Gasteiger partial charge in [-0.3, -0.25) is 14.8 Å². The molecule has 1 N–H and O–H groups in total. The molecule has 0 bridgehead atoms. The topological polar surface area (TPSA) is 54.9 Å². The third-order valence-electron chi connectivity index (χ3n) is 3.09. The number of nitrogens with one attached hydrogen (secondary N) is 1. The highest BCUT2D eigenvalue weighted by Gasteiger charge is 2.08. The molecular weight excluding hydrogens is 274 g/mol. The van der Waals surface area contributed by atoms with E-state index in [9.17, 15) is 4.79 Å². The highest BCUT2D eigenvalue weighted by Crippen LogP contribution is 2.28. The zero-order valence-electron chi connectivity index (χ0n) is 10.6. The maximum Gasteiger partial charge on any atom is 0.166 e. The first-order valence-electron chi connectivity index (χ1n) is 6.23. The highest BCUT2D eigenvalue weighted by atomic mass is 35.5. The fourth-order valence-electron chi connectivity index (χ4n) is 2.16. The normalized spacial score (nSPS) is 10.8. The number of ketones is 1. The lowest BCUT2D eigenvalue weighted by Gasteiger charge is -2.10. The number of carbonyl (C=O) groups excluding carboxylic acids is 1. The smallest absolute Gasteiger partial charge is 0.166 e. The summed E-state index contributed by atoms with van der Waals surface area (Å²) < 4.78 is 0. The number of pyridine rings is 2. The van der Waals surface area contributed by atoms with Crippen LogP contribution >= 0.6 is 11.6 Å². The van der Waals surface area contributed by atoms with Crippen LogP contribution in [0.25, 0.3) is 21.8 Å². The molecule has 0 atom stereocenters. The van der Waals surface area contributed by atoms with E-state index in [1.807, 2.05) is 30.3 Å². The minimum Gasteiger partial charge on any atom is -0.377 e. The van der Waals surface area contributed by atoms with Crippen molar-refractivity contribution in [1.29, 1.82) is 0 Å². The molecule has 0 saturated carbocycles. The van der Waals surface area contributed by atoms with Gasteiger partial charge >= 0.3 is 0 Å². The molecule has 0 radical (unpaired) electrons. The number of benzene rings is 1. The Morgan fingerprint density at radius 1 is 1.15 bits per heavy atom. The van der Waals surface area contributed by atoms with Gasteiger partial charge in [0.25, 0.3) is 0 Å². The van der Waals surface area contributed by atoms with Crippen LogP contribution in [0.1, 0.15) is 0 Å². The molecule has 2 aromatic heterocycles. The van der Waals surface area contributed by atoms with Gasteiger partial charge in [0.2, 0.25) is 0 Å². The Labute approximate surface area is 120 Å². The van der Waals surface area contributed by atoms with Gasteiger partial charge in [-0.15, -0.1) is 11.6 Å². The molecule has 0 amide bonds. The molecule has 0 aliphatic heterocycles. The summed E-state index contributed by atoms with van der Waals surface area (Å²) in [5.41, 5.74) is 2.55. The lowest BCUT2D eigenvalue weighted by Crippen LogP contribution is -2.14. The lowest BCUT2D eigenvalue weighted by atomic mass is 10.1. The van der Waals surface area contributed by atoms with Crippen LogP contribution < -0.4 is 5.32 Å². The minimum absolute atomic E-state index is 0.0122. The van der Waals surface area contributed by atoms with Gasteiger partial charge in [-0.05, 0) is 24.3 Å². The fourth-order valence-corrected chi connectivity index (χ4v) is 2.26. The third kappa shape index (κ3) is 2.30. The molecule has 2 heterocycles. The number of nitrogens with zero attached hydrogens (tertiary/aromatic N) is 2. The van der Waals surface area contributed by atoms with Crippen molar-refractivity contribution >= 4 is 44.9 Å². The van der Waals surface area contributed by atoms with Crippen LogP contribution in [0.4, 0.5) is 5.69 Å². The van der Waals surface area contributed by atoms with E-state index in [4.69, 9.17) is 11.6 Å². The number of alkyl halides is 1. The summed E-state index contributed by atoms with van der Waals surface area (Å²) in [6.07, 6.45) is 3.49. The molecule has 0 aliphatic carbocycles. The van der Waals surface area contributed by atoms with Crippen molar-refractivity contribution in [2.45, 2.75) is 0 Å². The van der Waals surface area contributed by atoms with Gasteiger partial charge in [-0.1, -0.05) is 6.07 Å². The highest BCUT2D eigenvalue weighted by molar-refractivity contribution is 6.28. The number of fused-ring (bicyclic) bond motifs is 3. The van der Waals surface area contributed by atoms with Gasteiger partial charge < -0.3 is 5.32 Å². The van der Waals surface area contributed by atoms with Crippen LogP contribution in [-0.4, -0.2) is 28.2 Å². The Bertz CT molecular complexity index is 788. The molecule has 4 nitrogen and oxygen atoms in total. The van der Waals surface area contributed by atoms with E-state index in [0.29, 0.717) is 0 Å². The standard InChI is InChI=1S/C15H12ClN3O/c16-8-11(20)9-19-13-7-10-3-1-5-17-14(10)15-12(13)4-2-6-18-15/h1-7,19H,8-9H2. The van der Waals surface area contributed by atoms with Crippen molar-refractivity contribution in [3.63, 3.8) is 0 Å². The number of hydrogen-bond acceptors (Lipinski definition) is 4. The van der Waals surface area contributed by atoms with Gasteiger partial charge in [-0.2, -0.15) is 0 Å². The Morgan fingerprint density at radius 3 is 2.70 bits per heavy atom. The van der Waals surface area contributed by atoms with Gasteiger partial charge in [0.05, 0.1) is 23.5 Å². The van der Waals surface area contributed by atoms with Crippen molar-refractivity contribution in [2.24, 2.45) is 0 Å². The van der Waals surface area contributed by atoms with Crippen LogP contribution in [0.15, 0.2) is 42.7 Å². The molecule has 5 heteroatoms. The van der Waals surface area contributed by atoms with Gasteiger partial charge in [-0.25, -0.2) is 0 Å². The van der Waals surface area contributed by atoms with Crippen molar-refractivity contribution in [1.82, 2.24) is 9.97 Å². The summed E-state index contributed by atoms with van der Waals surface area (Å²) in [6, 6.07) is 9.67. The first-order valence-corrected chi connectivity index (χ1v) is 6.77. The van der Waals surface area contributed by atoms with Crippen LogP contribution in [0.2, 0.25) is 0 Å². The molecule has 100 valence electrons. The largest absolute Gasteiger partial charge is 0.377 e. The fraction of sp³-hybridized carbons (Fsp3) is 0.133. The molecule has 0 fully saturated rings. The zero-order valence-corrected chi connectivity index (χ0v) is 11.4. The molecule has 0 unspecified atom stereocenters. The number of hydrogen-bond donors (Lipinski definition) is 1. The van der Waals surface area contributed by atoms with E-state index in [2.05, 4.69) is 15.3 Å². The molecule has 0 saturated heterocycles. The Morgan fingerprint density at radius 2 is 1.90 bits per heavy atom. The summed E-state index contributed by atoms with van der Waals surface area (Å²) in [6.45, 7) is 0.208. The number of aromatic nitrogens is 2. The number of anilines is 1. The molecule has 0 aliphatic rings. The second kappa shape index (κ2) is 5.43. The molecule has 3 aromatic rings. The van der Waals surface area contributed by atoms with Crippen LogP contribution in [0.5, 0.6) is 0 Å². The van der Waals surface area contributed by atoms with E-state index in [1.54, 1.807) is 12.4 Å². The minimum atomic E-state index is -0.0463. The number of rotatable bonds is 4. The van der Waals surface area contributed by atoms with Gasteiger partial charge in [0, 0.05) is 28.9 Å². The van der Waals surface area contributed by atoms with Crippen LogP contribution in [0, 0.1) is 0 Å². The Hall–Kier alpha value is -2.20. The summed E-state index contributed by atoms with van der Waals surface area (Å²) in [7, 11) is 0. The van der Waals surface area contributed by atoms with Crippen LogP contribution in [0.3, 0.4) is 0 Å². The number of carbonyl (C=O) groups is 1. The van der Waals surface area contributed by atoms with E-state index in [0.717, 1.165) is 27.5 Å². The average molecular weight is 286 g/mol. The number of halogens is 1. The van der Waals surface area contributed by atoms with E-state index in [-0.39, 0.29) is 18.2 Å². The second-order valence-corrected chi connectivity index (χ2v) is 4.69. The Balaban J connectivity index is 2.16. The molecule has 1 aromatic carbocycles. The maximum absolute atomic E-state index is 11.4. The van der Waals surface area contributed by atoms with E-state index in [1.165, 1.54) is 0 Å². The van der Waals surface area contributed by atoms with Crippen molar-refractivity contribution in [2.75, 3.05) is 17.7 Å².